The van der Waals surface area contributed by atoms with Crippen molar-refractivity contribution in [2.45, 2.75) is 25.4 Å². The lowest BCUT2D eigenvalue weighted by Gasteiger charge is -2.28. The molecule has 0 radical (unpaired) electrons. The van der Waals surface area contributed by atoms with Gasteiger partial charge in [-0.05, 0) is 25.1 Å². The minimum atomic E-state index is -1.06. The molecule has 1 atom stereocenters. The van der Waals surface area contributed by atoms with Crippen molar-refractivity contribution in [3.05, 3.63) is 36.3 Å². The summed E-state index contributed by atoms with van der Waals surface area (Å²) in [7, 11) is 0. The maximum absolute atomic E-state index is 11.6. The molecule has 4 heteroatoms. The van der Waals surface area contributed by atoms with Crippen LogP contribution in [0.4, 0.5) is 0 Å². The second-order valence-corrected chi connectivity index (χ2v) is 3.93. The molecule has 0 amide bonds. The molecule has 0 fully saturated rings. The molecule has 0 aliphatic carbocycles. The maximum atomic E-state index is 11.6. The Morgan fingerprint density at radius 2 is 2.12 bits per heavy atom. The second kappa shape index (κ2) is 3.96. The van der Waals surface area contributed by atoms with E-state index in [1.54, 1.807) is 19.3 Å². The van der Waals surface area contributed by atoms with E-state index in [4.69, 9.17) is 9.15 Å². The molecular formula is C12H12O4. The van der Waals surface area contributed by atoms with E-state index < -0.39 is 11.6 Å². The summed E-state index contributed by atoms with van der Waals surface area (Å²) in [6.07, 6.45) is 4.99. The zero-order valence-electron chi connectivity index (χ0n) is 8.93. The van der Waals surface area contributed by atoms with Crippen molar-refractivity contribution in [2.75, 3.05) is 0 Å². The molecule has 16 heavy (non-hydrogen) atoms. The number of carbonyl (C=O) groups excluding carboxylic acids is 2. The fourth-order valence-corrected chi connectivity index (χ4v) is 1.62. The van der Waals surface area contributed by atoms with Crippen LogP contribution in [0.25, 0.3) is 0 Å². The normalized spacial score (nSPS) is 24.6. The molecule has 0 aromatic carbocycles. The van der Waals surface area contributed by atoms with Crippen LogP contribution in [0.5, 0.6) is 0 Å². The van der Waals surface area contributed by atoms with E-state index in [-0.39, 0.29) is 5.78 Å². The number of ether oxygens (including phenoxy) is 1. The topological polar surface area (TPSA) is 56.5 Å². The summed E-state index contributed by atoms with van der Waals surface area (Å²) >= 11 is 0. The lowest BCUT2D eigenvalue weighted by Crippen LogP contribution is -2.42. The van der Waals surface area contributed by atoms with Crippen LogP contribution in [-0.2, 0) is 20.7 Å². The van der Waals surface area contributed by atoms with Gasteiger partial charge in [0.2, 0.25) is 0 Å². The number of aryl methyl sites for hydroxylation is 1. The number of esters is 1. The van der Waals surface area contributed by atoms with Gasteiger partial charge in [-0.3, -0.25) is 4.79 Å². The van der Waals surface area contributed by atoms with Crippen LogP contribution in [0.3, 0.4) is 0 Å². The second-order valence-electron chi connectivity index (χ2n) is 3.93. The van der Waals surface area contributed by atoms with Crippen LogP contribution >= 0.6 is 0 Å². The number of furan rings is 1. The number of cyclic esters (lactones) is 1. The Bertz CT molecular complexity index is 430. The summed E-state index contributed by atoms with van der Waals surface area (Å²) in [5, 5.41) is 0. The van der Waals surface area contributed by atoms with Gasteiger partial charge >= 0.3 is 5.97 Å². The van der Waals surface area contributed by atoms with Crippen LogP contribution in [0, 0.1) is 0 Å². The van der Waals surface area contributed by atoms with Crippen LogP contribution < -0.4 is 0 Å². The van der Waals surface area contributed by atoms with Crippen molar-refractivity contribution in [1.82, 2.24) is 0 Å². The maximum Gasteiger partial charge on any atom is 0.331 e. The molecule has 0 N–H and O–H groups in total. The lowest BCUT2D eigenvalue weighted by atomic mass is 9.92. The Hall–Kier alpha value is -1.84. The van der Waals surface area contributed by atoms with Gasteiger partial charge in [0.25, 0.3) is 0 Å². The fraction of sp³-hybridized carbons (Fsp3) is 0.333. The van der Waals surface area contributed by atoms with Crippen molar-refractivity contribution in [1.29, 1.82) is 0 Å². The number of hydrogen-bond acceptors (Lipinski definition) is 4. The monoisotopic (exact) mass is 220 g/mol. The molecule has 1 aliphatic rings. The van der Waals surface area contributed by atoms with Gasteiger partial charge in [0.15, 0.2) is 11.4 Å². The molecule has 1 unspecified atom stereocenters. The molecule has 2 rings (SSSR count). The van der Waals surface area contributed by atoms with Crippen molar-refractivity contribution < 1.29 is 18.7 Å². The smallest absolute Gasteiger partial charge is 0.331 e. The molecule has 0 bridgehead atoms. The minimum absolute atomic E-state index is 0.182. The Kier molecular flexibility index (Phi) is 2.64. The Balaban J connectivity index is 2.05. The van der Waals surface area contributed by atoms with E-state index in [0.717, 1.165) is 11.8 Å². The van der Waals surface area contributed by atoms with Crippen LogP contribution in [-0.4, -0.2) is 17.4 Å². The highest BCUT2D eigenvalue weighted by Crippen LogP contribution is 2.24. The van der Waals surface area contributed by atoms with Crippen molar-refractivity contribution >= 4 is 11.8 Å². The summed E-state index contributed by atoms with van der Waals surface area (Å²) in [4.78, 5) is 22.7. The van der Waals surface area contributed by atoms with Crippen molar-refractivity contribution in [3.8, 4) is 0 Å². The summed E-state index contributed by atoms with van der Waals surface area (Å²) in [5.41, 5.74) is -1.06. The van der Waals surface area contributed by atoms with Crippen LogP contribution in [0.1, 0.15) is 19.1 Å². The van der Waals surface area contributed by atoms with Gasteiger partial charge in [-0.25, -0.2) is 4.79 Å². The third-order valence-corrected chi connectivity index (χ3v) is 2.65. The largest absolute Gasteiger partial charge is 0.469 e. The fourth-order valence-electron chi connectivity index (χ4n) is 1.62. The van der Waals surface area contributed by atoms with E-state index >= 15 is 0 Å². The Morgan fingerprint density at radius 1 is 1.31 bits per heavy atom. The highest BCUT2D eigenvalue weighted by atomic mass is 16.6. The number of rotatable bonds is 3. The first-order chi connectivity index (χ1) is 7.60. The van der Waals surface area contributed by atoms with Crippen molar-refractivity contribution in [3.63, 3.8) is 0 Å². The zero-order valence-corrected chi connectivity index (χ0v) is 8.93. The minimum Gasteiger partial charge on any atom is -0.469 e. The molecule has 1 aromatic rings. The van der Waals surface area contributed by atoms with Gasteiger partial charge in [-0.2, -0.15) is 0 Å². The molecule has 0 saturated carbocycles. The summed E-state index contributed by atoms with van der Waals surface area (Å²) in [6.45, 7) is 1.62. The first kappa shape index (κ1) is 10.7. The third kappa shape index (κ3) is 2.05. The predicted molar refractivity (Wildman–Crippen MR) is 55.7 cm³/mol. The molecule has 1 aliphatic heterocycles. The molecular weight excluding hydrogens is 208 g/mol. The van der Waals surface area contributed by atoms with Gasteiger partial charge in [0.05, 0.1) is 6.26 Å². The highest BCUT2D eigenvalue weighted by molar-refractivity contribution is 6.05. The van der Waals surface area contributed by atoms with Gasteiger partial charge in [0, 0.05) is 18.9 Å². The molecule has 0 spiro atoms. The summed E-state index contributed by atoms with van der Waals surface area (Å²) in [5.74, 6) is 0.125. The first-order valence-electron chi connectivity index (χ1n) is 5.08. The number of carbonyl (C=O) groups is 2. The molecule has 4 nitrogen and oxygen atoms in total. The number of hydrogen-bond donors (Lipinski definition) is 0. The third-order valence-electron chi connectivity index (χ3n) is 2.65. The molecule has 0 saturated heterocycles. The first-order valence-corrected chi connectivity index (χ1v) is 5.08. The molecule has 84 valence electrons. The van der Waals surface area contributed by atoms with E-state index in [9.17, 15) is 9.59 Å². The average molecular weight is 220 g/mol. The standard InChI is InChI=1S/C12H12O4/c1-12(7-6-9-3-2-8-15-9)10(13)4-5-11(14)16-12/h2-5,8H,6-7H2,1H3. The van der Waals surface area contributed by atoms with Crippen LogP contribution in [0.15, 0.2) is 35.0 Å². The molecule has 2 heterocycles. The quantitative estimate of drug-likeness (QED) is 0.727. The van der Waals surface area contributed by atoms with E-state index in [1.165, 1.54) is 6.08 Å². The molecule has 1 aromatic heterocycles. The van der Waals surface area contributed by atoms with E-state index in [0.29, 0.717) is 12.8 Å². The summed E-state index contributed by atoms with van der Waals surface area (Å²) < 4.78 is 10.2. The SMILES string of the molecule is CC1(CCc2ccco2)OC(=O)C=CC1=O. The van der Waals surface area contributed by atoms with E-state index in [1.807, 2.05) is 6.07 Å². The Morgan fingerprint density at radius 3 is 2.81 bits per heavy atom. The Labute approximate surface area is 92.9 Å². The van der Waals surface area contributed by atoms with Gasteiger partial charge in [0.1, 0.15) is 5.76 Å². The van der Waals surface area contributed by atoms with Gasteiger partial charge in [-0.15, -0.1) is 0 Å². The zero-order chi connectivity index (χ0) is 11.6. The lowest BCUT2D eigenvalue weighted by molar-refractivity contribution is -0.161. The average Bonchev–Trinajstić information content (AvgIpc) is 2.74. The summed E-state index contributed by atoms with van der Waals surface area (Å²) in [6, 6.07) is 3.61. The van der Waals surface area contributed by atoms with E-state index in [2.05, 4.69) is 0 Å². The number of ketones is 1. The van der Waals surface area contributed by atoms with Gasteiger partial charge < -0.3 is 9.15 Å². The van der Waals surface area contributed by atoms with Gasteiger partial charge in [-0.1, -0.05) is 0 Å². The van der Waals surface area contributed by atoms with Crippen molar-refractivity contribution in [2.24, 2.45) is 0 Å². The van der Waals surface area contributed by atoms with Crippen LogP contribution in [0.2, 0.25) is 0 Å². The highest BCUT2D eigenvalue weighted by Gasteiger charge is 2.37. The predicted octanol–water partition coefficient (Wildman–Crippen LogP) is 1.65.